The molecule has 2 amide bonds. The van der Waals surface area contributed by atoms with E-state index < -0.39 is 5.91 Å². The predicted molar refractivity (Wildman–Crippen MR) is 182 cm³/mol. The van der Waals surface area contributed by atoms with Gasteiger partial charge in [0.05, 0.1) is 13.1 Å². The van der Waals surface area contributed by atoms with Gasteiger partial charge in [0.15, 0.2) is 0 Å². The summed E-state index contributed by atoms with van der Waals surface area (Å²) in [4.78, 5) is 55.3. The number of nitrogens with zero attached hydrogens (tertiary/aromatic N) is 3. The number of carbonyl (C=O) groups excluding carboxylic acids is 4. The molecule has 0 aromatic heterocycles. The number of nitrogens with one attached hydrogen (secondary N) is 1. The summed E-state index contributed by atoms with van der Waals surface area (Å²) in [6.07, 6.45) is 18.8. The molecule has 0 heterocycles. The molecule has 0 rings (SSSR count). The fourth-order valence-electron chi connectivity index (χ4n) is 4.63. The average Bonchev–Trinajstić information content (AvgIpc) is 3.01. The number of amides is 2. The topological polar surface area (TPSA) is 108 Å². The maximum absolute atomic E-state index is 12.9. The minimum Gasteiger partial charge on any atom is -0.464 e. The van der Waals surface area contributed by atoms with E-state index in [9.17, 15) is 19.2 Å². The van der Waals surface area contributed by atoms with Crippen LogP contribution in [0.15, 0.2) is 12.2 Å². The van der Waals surface area contributed by atoms with E-state index >= 15 is 0 Å². The van der Waals surface area contributed by atoms with Gasteiger partial charge < -0.3 is 29.5 Å². The van der Waals surface area contributed by atoms with E-state index in [4.69, 9.17) is 9.47 Å². The first-order valence-electron chi connectivity index (χ1n) is 17.6. The molecule has 45 heavy (non-hydrogen) atoms. The molecule has 0 aliphatic heterocycles. The normalized spacial score (nSPS) is 11.4. The molecule has 0 unspecified atom stereocenters. The highest BCUT2D eigenvalue weighted by atomic mass is 16.5. The van der Waals surface area contributed by atoms with Gasteiger partial charge in [0.25, 0.3) is 0 Å². The first-order valence-corrected chi connectivity index (χ1v) is 17.6. The highest BCUT2D eigenvalue weighted by molar-refractivity contribution is 5.96. The Balaban J connectivity index is 4.66. The minimum atomic E-state index is -0.403. The van der Waals surface area contributed by atoms with Crippen LogP contribution in [0.4, 0.5) is 0 Å². The summed E-state index contributed by atoms with van der Waals surface area (Å²) in [7, 11) is 6.03. The van der Waals surface area contributed by atoms with Gasteiger partial charge in [-0.3, -0.25) is 19.2 Å². The molecule has 10 heteroatoms. The second kappa shape index (κ2) is 30.2. The number of likely N-dealkylation sites (N-methyl/N-ethyl adjacent to an activating group) is 2. The lowest BCUT2D eigenvalue weighted by molar-refractivity contribution is -0.146. The largest absolute Gasteiger partial charge is 0.464 e. The molecule has 10 nitrogen and oxygen atoms in total. The highest BCUT2D eigenvalue weighted by Crippen LogP contribution is 2.10. The van der Waals surface area contributed by atoms with Gasteiger partial charge in [0.2, 0.25) is 11.8 Å². The summed E-state index contributed by atoms with van der Waals surface area (Å²) in [5.74, 6) is -1.31. The Morgan fingerprint density at radius 3 is 1.51 bits per heavy atom. The first-order chi connectivity index (χ1) is 21.7. The molecule has 0 saturated carbocycles. The maximum atomic E-state index is 12.9. The smallest absolute Gasteiger partial charge is 0.305 e. The molecule has 0 bridgehead atoms. The van der Waals surface area contributed by atoms with Gasteiger partial charge in [-0.25, -0.2) is 0 Å². The number of rotatable bonds is 30. The third-order valence-corrected chi connectivity index (χ3v) is 7.63. The zero-order valence-corrected chi connectivity index (χ0v) is 29.4. The minimum absolute atomic E-state index is 0.0480. The van der Waals surface area contributed by atoms with Gasteiger partial charge >= 0.3 is 11.9 Å². The molecule has 0 aromatic carbocycles. The monoisotopic (exact) mass is 638 g/mol. The number of hydrogen-bond donors (Lipinski definition) is 1. The van der Waals surface area contributed by atoms with Crippen molar-refractivity contribution in [2.24, 2.45) is 0 Å². The lowest BCUT2D eigenvalue weighted by Gasteiger charge is -2.21. The van der Waals surface area contributed by atoms with Crippen LogP contribution in [0.5, 0.6) is 0 Å². The third kappa shape index (κ3) is 28.7. The molecule has 1 N–H and O–H groups in total. The molecule has 0 radical (unpaired) electrons. The number of carbonyl (C=O) groups is 4. The van der Waals surface area contributed by atoms with Gasteiger partial charge in [0, 0.05) is 51.2 Å². The SMILES string of the molecule is CCCCCCCCCC(=O)OCCN(CCOC(=O)CCCCCCCCC)C(=O)/C=C\C(=O)NCCN(C)CCN(C)C. The molecule has 262 valence electrons. The quantitative estimate of drug-likeness (QED) is 0.0638. The lowest BCUT2D eigenvalue weighted by atomic mass is 10.1. The molecular weight excluding hydrogens is 572 g/mol. The fourth-order valence-corrected chi connectivity index (χ4v) is 4.63. The van der Waals surface area contributed by atoms with E-state index in [1.165, 1.54) is 68.4 Å². The van der Waals surface area contributed by atoms with Crippen molar-refractivity contribution in [1.29, 1.82) is 0 Å². The van der Waals surface area contributed by atoms with E-state index in [1.807, 2.05) is 21.1 Å². The molecule has 0 saturated heterocycles. The van der Waals surface area contributed by atoms with Gasteiger partial charge in [0.1, 0.15) is 13.2 Å². The Morgan fingerprint density at radius 2 is 1.04 bits per heavy atom. The van der Waals surface area contributed by atoms with Crippen LogP contribution in [0.1, 0.15) is 117 Å². The van der Waals surface area contributed by atoms with Crippen molar-refractivity contribution in [3.8, 4) is 0 Å². The Hall–Kier alpha value is -2.46. The molecule has 0 spiro atoms. The Kier molecular flexibility index (Phi) is 28.6. The van der Waals surface area contributed by atoms with E-state index in [1.54, 1.807) is 0 Å². The van der Waals surface area contributed by atoms with Gasteiger partial charge in [-0.1, -0.05) is 90.9 Å². The van der Waals surface area contributed by atoms with Crippen molar-refractivity contribution in [1.82, 2.24) is 20.0 Å². The standard InChI is InChI=1S/C35H66N4O6/c1-6-8-10-12-14-16-18-20-34(42)44-30-28-39(29-31-45-35(43)21-19-17-15-13-11-9-7-2)33(41)23-22-32(40)36-24-25-38(5)27-26-37(3)4/h22-23H,6-21,24-31H2,1-5H3,(H,36,40)/b23-22-. The van der Waals surface area contributed by atoms with Gasteiger partial charge in [-0.05, 0) is 34.0 Å². The molecule has 0 aromatic rings. The van der Waals surface area contributed by atoms with E-state index in [0.717, 1.165) is 51.6 Å². The van der Waals surface area contributed by atoms with E-state index in [0.29, 0.717) is 25.9 Å². The van der Waals surface area contributed by atoms with Crippen molar-refractivity contribution in [3.63, 3.8) is 0 Å². The van der Waals surface area contributed by atoms with Crippen LogP contribution in [0.2, 0.25) is 0 Å². The van der Waals surface area contributed by atoms with Crippen LogP contribution < -0.4 is 5.32 Å². The molecular formula is C35H66N4O6. The second-order valence-electron chi connectivity index (χ2n) is 12.2. The van der Waals surface area contributed by atoms with Gasteiger partial charge in [-0.15, -0.1) is 0 Å². The maximum Gasteiger partial charge on any atom is 0.305 e. The first kappa shape index (κ1) is 42.5. The second-order valence-corrected chi connectivity index (χ2v) is 12.2. The third-order valence-electron chi connectivity index (χ3n) is 7.63. The summed E-state index contributed by atoms with van der Waals surface area (Å²) in [5, 5.41) is 2.80. The number of unbranched alkanes of at least 4 members (excludes halogenated alkanes) is 12. The Labute approximate surface area is 274 Å². The Morgan fingerprint density at radius 1 is 0.578 bits per heavy atom. The molecule has 0 atom stereocenters. The van der Waals surface area contributed by atoms with Crippen LogP contribution in [0, 0.1) is 0 Å². The van der Waals surface area contributed by atoms with E-state index in [2.05, 4.69) is 29.0 Å². The van der Waals surface area contributed by atoms with Crippen LogP contribution in [0.3, 0.4) is 0 Å². The predicted octanol–water partition coefficient (Wildman–Crippen LogP) is 5.35. The molecule has 0 fully saturated rings. The number of hydrogen-bond acceptors (Lipinski definition) is 8. The van der Waals surface area contributed by atoms with Crippen LogP contribution >= 0.6 is 0 Å². The molecule has 0 aliphatic carbocycles. The van der Waals surface area contributed by atoms with Gasteiger partial charge in [-0.2, -0.15) is 0 Å². The highest BCUT2D eigenvalue weighted by Gasteiger charge is 2.14. The van der Waals surface area contributed by atoms with Crippen molar-refractivity contribution in [3.05, 3.63) is 12.2 Å². The van der Waals surface area contributed by atoms with Crippen molar-refractivity contribution in [2.75, 3.05) is 73.6 Å². The lowest BCUT2D eigenvalue weighted by Crippen LogP contribution is -2.37. The van der Waals surface area contributed by atoms with Crippen LogP contribution in [0.25, 0.3) is 0 Å². The van der Waals surface area contributed by atoms with E-state index in [-0.39, 0.29) is 44.1 Å². The molecule has 0 aliphatic rings. The number of esters is 2. The fraction of sp³-hybridized carbons (Fsp3) is 0.829. The summed E-state index contributed by atoms with van der Waals surface area (Å²) in [6.45, 7) is 7.76. The Bertz CT molecular complexity index is 769. The number of ether oxygens (including phenoxy) is 2. The van der Waals surface area contributed by atoms with Crippen LogP contribution in [-0.4, -0.2) is 112 Å². The van der Waals surface area contributed by atoms with Crippen molar-refractivity contribution >= 4 is 23.8 Å². The van der Waals surface area contributed by atoms with Crippen molar-refractivity contribution < 1.29 is 28.7 Å². The zero-order chi connectivity index (χ0) is 33.5. The average molecular weight is 639 g/mol. The summed E-state index contributed by atoms with van der Waals surface area (Å²) in [5.41, 5.74) is 0. The summed E-state index contributed by atoms with van der Waals surface area (Å²) >= 11 is 0. The zero-order valence-electron chi connectivity index (χ0n) is 29.4. The summed E-state index contributed by atoms with van der Waals surface area (Å²) in [6, 6.07) is 0. The summed E-state index contributed by atoms with van der Waals surface area (Å²) < 4.78 is 10.8. The van der Waals surface area contributed by atoms with Crippen LogP contribution in [-0.2, 0) is 28.7 Å². The van der Waals surface area contributed by atoms with Crippen molar-refractivity contribution in [2.45, 2.75) is 117 Å².